The summed E-state index contributed by atoms with van der Waals surface area (Å²) in [6.45, 7) is 7.36. The molecule has 18 heavy (non-hydrogen) atoms. The molecule has 3 nitrogen and oxygen atoms in total. The zero-order valence-corrected chi connectivity index (χ0v) is 11.9. The number of ether oxygens (including phenoxy) is 2. The lowest BCUT2D eigenvalue weighted by Gasteiger charge is -2.09. The second kappa shape index (κ2) is 9.20. The molecule has 1 aromatic rings. The van der Waals surface area contributed by atoms with E-state index in [9.17, 15) is 0 Å². The highest BCUT2D eigenvalue weighted by Crippen LogP contribution is 2.14. The quantitative estimate of drug-likeness (QED) is 0.700. The molecule has 1 N–H and O–H groups in total. The fourth-order valence-corrected chi connectivity index (χ4v) is 1.54. The van der Waals surface area contributed by atoms with Crippen molar-refractivity contribution in [3.63, 3.8) is 0 Å². The second-order valence-electron chi connectivity index (χ2n) is 4.33. The fraction of sp³-hybridized carbons (Fsp3) is 0.571. The Hall–Kier alpha value is -0.770. The molecule has 0 unspecified atom stereocenters. The number of nitrogens with one attached hydrogen (secondary N) is 1. The normalized spacial score (nSPS) is 10.9. The lowest BCUT2D eigenvalue weighted by molar-refractivity contribution is 0.0770. The van der Waals surface area contributed by atoms with Crippen LogP contribution >= 0.6 is 11.6 Å². The molecule has 4 heteroatoms. The lowest BCUT2D eigenvalue weighted by atomic mass is 10.3. The molecule has 0 aliphatic rings. The summed E-state index contributed by atoms with van der Waals surface area (Å²) in [5, 5.41) is 4.04. The Kier molecular flexibility index (Phi) is 7.81. The smallest absolute Gasteiger partial charge is 0.119 e. The summed E-state index contributed by atoms with van der Waals surface area (Å²) in [5.41, 5.74) is 0. The van der Waals surface area contributed by atoms with Gasteiger partial charge in [0.25, 0.3) is 0 Å². The second-order valence-corrected chi connectivity index (χ2v) is 4.76. The van der Waals surface area contributed by atoms with E-state index in [2.05, 4.69) is 5.32 Å². The number of benzene rings is 1. The standard InChI is InChI=1S/C14H22ClNO2/c1-12(2)17-10-3-8-16-9-11-18-14-6-4-13(15)5-7-14/h4-7,12,16H,3,8-11H2,1-2H3. The first-order valence-electron chi connectivity index (χ1n) is 6.39. The molecule has 0 saturated heterocycles. The van der Waals surface area contributed by atoms with Crippen molar-refractivity contribution >= 4 is 11.6 Å². The number of rotatable bonds is 9. The predicted molar refractivity (Wildman–Crippen MR) is 75.5 cm³/mol. The molecular formula is C14H22ClNO2. The molecule has 0 radical (unpaired) electrons. The Morgan fingerprint density at radius 3 is 2.50 bits per heavy atom. The number of halogens is 1. The van der Waals surface area contributed by atoms with Crippen LogP contribution in [-0.4, -0.2) is 32.4 Å². The molecule has 0 aliphatic carbocycles. The molecule has 0 saturated carbocycles. The van der Waals surface area contributed by atoms with E-state index >= 15 is 0 Å². The van der Waals surface area contributed by atoms with Crippen LogP contribution in [0.25, 0.3) is 0 Å². The van der Waals surface area contributed by atoms with E-state index in [0.717, 1.165) is 36.9 Å². The molecule has 0 fully saturated rings. The SMILES string of the molecule is CC(C)OCCCNCCOc1ccc(Cl)cc1. The van der Waals surface area contributed by atoms with E-state index in [1.54, 1.807) is 0 Å². The maximum atomic E-state index is 5.79. The Bertz CT molecular complexity index is 314. The highest BCUT2D eigenvalue weighted by Gasteiger charge is 1.95. The van der Waals surface area contributed by atoms with E-state index in [-0.39, 0.29) is 0 Å². The van der Waals surface area contributed by atoms with E-state index in [1.165, 1.54) is 0 Å². The molecule has 1 rings (SSSR count). The van der Waals surface area contributed by atoms with Crippen LogP contribution in [0.2, 0.25) is 5.02 Å². The van der Waals surface area contributed by atoms with Crippen LogP contribution in [0.1, 0.15) is 20.3 Å². The zero-order chi connectivity index (χ0) is 13.2. The van der Waals surface area contributed by atoms with E-state index in [0.29, 0.717) is 12.7 Å². The van der Waals surface area contributed by atoms with Crippen LogP contribution in [0.3, 0.4) is 0 Å². The molecule has 0 bridgehead atoms. The molecule has 0 aliphatic heterocycles. The summed E-state index contributed by atoms with van der Waals surface area (Å²) in [7, 11) is 0. The largest absolute Gasteiger partial charge is 0.492 e. The van der Waals surface area contributed by atoms with Gasteiger partial charge in [-0.3, -0.25) is 0 Å². The van der Waals surface area contributed by atoms with Crippen molar-refractivity contribution in [2.24, 2.45) is 0 Å². The lowest BCUT2D eigenvalue weighted by Crippen LogP contribution is -2.23. The van der Waals surface area contributed by atoms with Gasteiger partial charge in [0, 0.05) is 18.2 Å². The van der Waals surface area contributed by atoms with Gasteiger partial charge in [-0.25, -0.2) is 0 Å². The van der Waals surface area contributed by atoms with Crippen LogP contribution in [0, 0.1) is 0 Å². The van der Waals surface area contributed by atoms with Crippen LogP contribution in [-0.2, 0) is 4.74 Å². The molecular weight excluding hydrogens is 250 g/mol. The Morgan fingerprint density at radius 1 is 1.11 bits per heavy atom. The average molecular weight is 272 g/mol. The van der Waals surface area contributed by atoms with Crippen LogP contribution in [0.5, 0.6) is 5.75 Å². The minimum atomic E-state index is 0.318. The first-order chi connectivity index (χ1) is 8.68. The summed E-state index contributed by atoms with van der Waals surface area (Å²) in [5.74, 6) is 0.851. The third-order valence-electron chi connectivity index (χ3n) is 2.31. The average Bonchev–Trinajstić information content (AvgIpc) is 2.34. The van der Waals surface area contributed by atoms with Crippen molar-refractivity contribution in [3.8, 4) is 5.75 Å². The Balaban J connectivity index is 1.94. The maximum Gasteiger partial charge on any atom is 0.119 e. The van der Waals surface area contributed by atoms with Gasteiger partial charge in [0.15, 0.2) is 0 Å². The van der Waals surface area contributed by atoms with Gasteiger partial charge in [-0.1, -0.05) is 11.6 Å². The van der Waals surface area contributed by atoms with Crippen molar-refractivity contribution < 1.29 is 9.47 Å². The fourth-order valence-electron chi connectivity index (χ4n) is 1.41. The van der Waals surface area contributed by atoms with Gasteiger partial charge in [-0.05, 0) is 51.1 Å². The van der Waals surface area contributed by atoms with Gasteiger partial charge in [-0.2, -0.15) is 0 Å². The summed E-state index contributed by atoms with van der Waals surface area (Å²) in [6, 6.07) is 7.40. The van der Waals surface area contributed by atoms with Gasteiger partial charge in [0.2, 0.25) is 0 Å². The topological polar surface area (TPSA) is 30.5 Å². The molecule has 0 amide bonds. The predicted octanol–water partition coefficient (Wildman–Crippen LogP) is 3.12. The van der Waals surface area contributed by atoms with E-state index in [1.807, 2.05) is 38.1 Å². The van der Waals surface area contributed by atoms with Crippen molar-refractivity contribution in [3.05, 3.63) is 29.3 Å². The van der Waals surface area contributed by atoms with Gasteiger partial charge in [0.05, 0.1) is 6.10 Å². The minimum Gasteiger partial charge on any atom is -0.492 e. The van der Waals surface area contributed by atoms with Gasteiger partial charge >= 0.3 is 0 Å². The number of hydrogen-bond acceptors (Lipinski definition) is 3. The van der Waals surface area contributed by atoms with Crippen LogP contribution in [0.15, 0.2) is 24.3 Å². The van der Waals surface area contributed by atoms with Crippen LogP contribution in [0.4, 0.5) is 0 Å². The van der Waals surface area contributed by atoms with Gasteiger partial charge in [-0.15, -0.1) is 0 Å². The molecule has 102 valence electrons. The monoisotopic (exact) mass is 271 g/mol. The van der Waals surface area contributed by atoms with Crippen molar-refractivity contribution in [1.29, 1.82) is 0 Å². The first kappa shape index (κ1) is 15.3. The Labute approximate surface area is 114 Å². The minimum absolute atomic E-state index is 0.318. The third-order valence-corrected chi connectivity index (χ3v) is 2.56. The maximum absolute atomic E-state index is 5.79. The van der Waals surface area contributed by atoms with Gasteiger partial charge in [0.1, 0.15) is 12.4 Å². The summed E-state index contributed by atoms with van der Waals surface area (Å²) >= 11 is 5.79. The van der Waals surface area contributed by atoms with Crippen molar-refractivity contribution in [2.75, 3.05) is 26.3 Å². The van der Waals surface area contributed by atoms with E-state index in [4.69, 9.17) is 21.1 Å². The van der Waals surface area contributed by atoms with Gasteiger partial charge < -0.3 is 14.8 Å². The summed E-state index contributed by atoms with van der Waals surface area (Å²) in [6.07, 6.45) is 1.34. The highest BCUT2D eigenvalue weighted by atomic mass is 35.5. The molecule has 0 aromatic heterocycles. The summed E-state index contributed by atoms with van der Waals surface area (Å²) in [4.78, 5) is 0. The van der Waals surface area contributed by atoms with Crippen LogP contribution < -0.4 is 10.1 Å². The molecule has 0 heterocycles. The third kappa shape index (κ3) is 7.54. The van der Waals surface area contributed by atoms with Crippen molar-refractivity contribution in [1.82, 2.24) is 5.32 Å². The first-order valence-corrected chi connectivity index (χ1v) is 6.77. The zero-order valence-electron chi connectivity index (χ0n) is 11.1. The highest BCUT2D eigenvalue weighted by molar-refractivity contribution is 6.30. The molecule has 1 aromatic carbocycles. The molecule has 0 atom stereocenters. The van der Waals surface area contributed by atoms with Crippen molar-refractivity contribution in [2.45, 2.75) is 26.4 Å². The molecule has 0 spiro atoms. The summed E-state index contributed by atoms with van der Waals surface area (Å²) < 4.78 is 11.0. The Morgan fingerprint density at radius 2 is 1.83 bits per heavy atom. The number of hydrogen-bond donors (Lipinski definition) is 1. The van der Waals surface area contributed by atoms with E-state index < -0.39 is 0 Å².